The summed E-state index contributed by atoms with van der Waals surface area (Å²) in [4.78, 5) is 14.2. The van der Waals surface area contributed by atoms with Crippen LogP contribution in [-0.4, -0.2) is 35.5 Å². The average molecular weight is 181 g/mol. The zero-order valence-electron chi connectivity index (χ0n) is 6.97. The molecule has 0 saturated heterocycles. The Bertz CT molecular complexity index is 315. The lowest BCUT2D eigenvalue weighted by Gasteiger charge is -2.03. The van der Waals surface area contributed by atoms with E-state index in [9.17, 15) is 4.79 Å². The normalized spacial score (nSPS) is 9.46. The molecule has 0 aliphatic rings. The fourth-order valence-corrected chi connectivity index (χ4v) is 0.882. The molecule has 0 saturated carbocycles. The van der Waals surface area contributed by atoms with Gasteiger partial charge in [0.15, 0.2) is 6.29 Å². The molecule has 1 heterocycles. The van der Waals surface area contributed by atoms with E-state index in [0.29, 0.717) is 6.29 Å². The summed E-state index contributed by atoms with van der Waals surface area (Å²) in [5.41, 5.74) is 0.344. The number of hydrogen-bond donors (Lipinski definition) is 2. The molecule has 1 aromatic rings. The summed E-state index contributed by atoms with van der Waals surface area (Å²) in [6, 6.07) is 1.31. The minimum absolute atomic E-state index is 0.155. The second-order valence-electron chi connectivity index (χ2n) is 2.36. The summed E-state index contributed by atoms with van der Waals surface area (Å²) in [5, 5.41) is 17.5. The number of pyridine rings is 1. The molecule has 0 spiro atoms. The van der Waals surface area contributed by atoms with Crippen LogP contribution in [0.5, 0.6) is 5.88 Å². The first-order valence-corrected chi connectivity index (χ1v) is 3.54. The van der Waals surface area contributed by atoms with Gasteiger partial charge in [-0.1, -0.05) is 0 Å². The molecule has 0 radical (unpaired) electrons. The SMILES string of the molecule is COc1ncc(B(O)O)cc1C=O. The van der Waals surface area contributed by atoms with Gasteiger partial charge < -0.3 is 14.8 Å². The molecule has 6 heteroatoms. The third-order valence-corrected chi connectivity index (χ3v) is 1.52. The van der Waals surface area contributed by atoms with Crippen molar-refractivity contribution in [3.8, 4) is 5.88 Å². The molecule has 5 nitrogen and oxygen atoms in total. The molecule has 0 atom stereocenters. The molecule has 0 aromatic carbocycles. The summed E-state index contributed by atoms with van der Waals surface area (Å²) in [5.74, 6) is 0.166. The highest BCUT2D eigenvalue weighted by molar-refractivity contribution is 6.58. The van der Waals surface area contributed by atoms with Crippen molar-refractivity contribution < 1.29 is 19.6 Å². The number of ether oxygens (including phenoxy) is 1. The van der Waals surface area contributed by atoms with Gasteiger partial charge in [0.05, 0.1) is 12.7 Å². The summed E-state index contributed by atoms with van der Waals surface area (Å²) < 4.78 is 4.77. The van der Waals surface area contributed by atoms with Crippen LogP contribution in [0, 0.1) is 0 Å². The predicted octanol–water partition coefficient (Wildman–Crippen LogP) is -1.42. The standard InChI is InChI=1S/C7H8BNO4/c1-13-7-5(4-10)2-6(3-9-7)8(11)12/h2-4,11-12H,1H3. The summed E-state index contributed by atoms with van der Waals surface area (Å²) >= 11 is 0. The molecule has 2 N–H and O–H groups in total. The predicted molar refractivity (Wildman–Crippen MR) is 46.0 cm³/mol. The molecular formula is C7H8BNO4. The van der Waals surface area contributed by atoms with Crippen molar-refractivity contribution >= 4 is 18.9 Å². The van der Waals surface area contributed by atoms with Crippen LogP contribution in [0.15, 0.2) is 12.3 Å². The maximum absolute atomic E-state index is 10.5. The number of carbonyl (C=O) groups excluding carboxylic acids is 1. The molecule has 0 amide bonds. The zero-order chi connectivity index (χ0) is 9.84. The van der Waals surface area contributed by atoms with Gasteiger partial charge in [-0.3, -0.25) is 4.79 Å². The second-order valence-corrected chi connectivity index (χ2v) is 2.36. The van der Waals surface area contributed by atoms with Crippen molar-refractivity contribution in [2.75, 3.05) is 7.11 Å². The van der Waals surface area contributed by atoms with E-state index in [1.54, 1.807) is 0 Å². The Balaban J connectivity index is 3.13. The maximum Gasteiger partial charge on any atom is 0.490 e. The number of rotatable bonds is 3. The van der Waals surface area contributed by atoms with Crippen LogP contribution in [0.4, 0.5) is 0 Å². The summed E-state index contributed by atoms with van der Waals surface area (Å²) in [7, 11) is -0.248. The van der Waals surface area contributed by atoms with Gasteiger partial charge >= 0.3 is 7.12 Å². The van der Waals surface area contributed by atoms with Crippen LogP contribution in [0.25, 0.3) is 0 Å². The van der Waals surface area contributed by atoms with Crippen LogP contribution < -0.4 is 10.2 Å². The monoisotopic (exact) mass is 181 g/mol. The van der Waals surface area contributed by atoms with E-state index < -0.39 is 7.12 Å². The average Bonchev–Trinajstić information content (AvgIpc) is 2.16. The Morgan fingerprint density at radius 1 is 1.62 bits per heavy atom. The fourth-order valence-electron chi connectivity index (χ4n) is 0.882. The van der Waals surface area contributed by atoms with E-state index in [0.717, 1.165) is 0 Å². The van der Waals surface area contributed by atoms with Crippen LogP contribution in [0.1, 0.15) is 10.4 Å². The Morgan fingerprint density at radius 2 is 2.31 bits per heavy atom. The molecule has 1 rings (SSSR count). The van der Waals surface area contributed by atoms with Gasteiger partial charge in [-0.05, 0) is 6.07 Å². The van der Waals surface area contributed by atoms with E-state index >= 15 is 0 Å². The van der Waals surface area contributed by atoms with Crippen molar-refractivity contribution in [1.29, 1.82) is 0 Å². The largest absolute Gasteiger partial charge is 0.490 e. The Hall–Kier alpha value is -1.40. The molecule has 1 aromatic heterocycles. The first-order chi connectivity index (χ1) is 6.19. The summed E-state index contributed by atoms with van der Waals surface area (Å²) in [6.07, 6.45) is 1.77. The highest BCUT2D eigenvalue weighted by Crippen LogP contribution is 2.09. The van der Waals surface area contributed by atoms with E-state index in [1.807, 2.05) is 0 Å². The molecule has 68 valence electrons. The van der Waals surface area contributed by atoms with Gasteiger partial charge in [-0.15, -0.1) is 0 Å². The molecule has 0 aliphatic heterocycles. The van der Waals surface area contributed by atoms with Crippen LogP contribution in [0.2, 0.25) is 0 Å². The molecular weight excluding hydrogens is 173 g/mol. The van der Waals surface area contributed by atoms with E-state index in [1.165, 1.54) is 19.4 Å². The van der Waals surface area contributed by atoms with E-state index in [4.69, 9.17) is 14.8 Å². The number of nitrogens with zero attached hydrogens (tertiary/aromatic N) is 1. The van der Waals surface area contributed by atoms with Crippen molar-refractivity contribution in [3.63, 3.8) is 0 Å². The van der Waals surface area contributed by atoms with Crippen molar-refractivity contribution in [3.05, 3.63) is 17.8 Å². The topological polar surface area (TPSA) is 79.7 Å². The van der Waals surface area contributed by atoms with Gasteiger partial charge in [0.25, 0.3) is 0 Å². The minimum Gasteiger partial charge on any atom is -0.480 e. The van der Waals surface area contributed by atoms with Crippen LogP contribution in [-0.2, 0) is 0 Å². The maximum atomic E-state index is 10.5. The number of methoxy groups -OCH3 is 1. The molecule has 13 heavy (non-hydrogen) atoms. The van der Waals surface area contributed by atoms with Gasteiger partial charge in [-0.25, -0.2) is 4.98 Å². The Labute approximate surface area is 75.1 Å². The molecule has 0 unspecified atom stereocenters. The lowest BCUT2D eigenvalue weighted by molar-refractivity contribution is 0.112. The van der Waals surface area contributed by atoms with Gasteiger partial charge in [0.1, 0.15) is 0 Å². The second kappa shape index (κ2) is 4.02. The highest BCUT2D eigenvalue weighted by Gasteiger charge is 2.14. The Kier molecular flexibility index (Phi) is 3.00. The number of aromatic nitrogens is 1. The van der Waals surface area contributed by atoms with Crippen molar-refractivity contribution in [2.45, 2.75) is 0 Å². The Morgan fingerprint density at radius 3 is 2.77 bits per heavy atom. The lowest BCUT2D eigenvalue weighted by Crippen LogP contribution is -2.30. The summed E-state index contributed by atoms with van der Waals surface area (Å²) in [6.45, 7) is 0. The first-order valence-electron chi connectivity index (χ1n) is 3.54. The van der Waals surface area contributed by atoms with Crippen LogP contribution in [0.3, 0.4) is 0 Å². The van der Waals surface area contributed by atoms with Crippen molar-refractivity contribution in [2.24, 2.45) is 0 Å². The third kappa shape index (κ3) is 2.04. The lowest BCUT2D eigenvalue weighted by atomic mass is 9.81. The molecule has 0 fully saturated rings. The number of aldehydes is 1. The fraction of sp³-hybridized carbons (Fsp3) is 0.143. The molecule has 0 bridgehead atoms. The van der Waals surface area contributed by atoms with Crippen LogP contribution >= 0.6 is 0 Å². The minimum atomic E-state index is -1.63. The zero-order valence-corrected chi connectivity index (χ0v) is 6.97. The highest BCUT2D eigenvalue weighted by atomic mass is 16.5. The first kappa shape index (κ1) is 9.69. The number of hydrogen-bond acceptors (Lipinski definition) is 5. The third-order valence-electron chi connectivity index (χ3n) is 1.52. The smallest absolute Gasteiger partial charge is 0.480 e. The van der Waals surface area contributed by atoms with E-state index in [2.05, 4.69) is 4.98 Å². The van der Waals surface area contributed by atoms with Gasteiger partial charge in [-0.2, -0.15) is 0 Å². The number of carbonyl (C=O) groups is 1. The molecule has 0 aliphatic carbocycles. The van der Waals surface area contributed by atoms with E-state index in [-0.39, 0.29) is 16.9 Å². The quantitative estimate of drug-likeness (QED) is 0.442. The van der Waals surface area contributed by atoms with Gasteiger partial charge in [0, 0.05) is 11.7 Å². The van der Waals surface area contributed by atoms with Gasteiger partial charge in [0.2, 0.25) is 5.88 Å². The van der Waals surface area contributed by atoms with Crippen molar-refractivity contribution in [1.82, 2.24) is 4.98 Å².